The molecule has 2 aromatic carbocycles. The fraction of sp³-hybridized carbons (Fsp3) is 0.381. The fourth-order valence-corrected chi connectivity index (χ4v) is 3.29. The van der Waals surface area contributed by atoms with E-state index in [-0.39, 0.29) is 11.9 Å². The number of hydrogen-bond donors (Lipinski definition) is 1. The average molecular weight is 354 g/mol. The third-order valence-electron chi connectivity index (χ3n) is 4.58. The summed E-state index contributed by atoms with van der Waals surface area (Å²) >= 11 is 0. The van der Waals surface area contributed by atoms with Gasteiger partial charge in [-0.15, -0.1) is 0 Å². The van der Waals surface area contributed by atoms with Crippen LogP contribution in [0.1, 0.15) is 29.3 Å². The Hall–Kier alpha value is -2.53. The van der Waals surface area contributed by atoms with Crippen molar-refractivity contribution in [3.8, 4) is 11.5 Å². The van der Waals surface area contributed by atoms with Crippen LogP contribution < -0.4 is 14.8 Å². The molecule has 0 spiro atoms. The van der Waals surface area contributed by atoms with Crippen LogP contribution in [0.2, 0.25) is 0 Å². The largest absolute Gasteiger partial charge is 0.493 e. The van der Waals surface area contributed by atoms with E-state index in [0.717, 1.165) is 26.1 Å². The van der Waals surface area contributed by atoms with Gasteiger partial charge in [-0.1, -0.05) is 30.3 Å². The average Bonchev–Trinajstić information content (AvgIpc) is 3.09. The minimum Gasteiger partial charge on any atom is -0.493 e. The Labute approximate surface area is 154 Å². The molecule has 2 aromatic rings. The van der Waals surface area contributed by atoms with Gasteiger partial charge >= 0.3 is 0 Å². The predicted molar refractivity (Wildman–Crippen MR) is 102 cm³/mol. The van der Waals surface area contributed by atoms with E-state index in [2.05, 4.69) is 34.5 Å². The highest BCUT2D eigenvalue weighted by Crippen LogP contribution is 2.28. The minimum absolute atomic E-state index is 0.0714. The summed E-state index contributed by atoms with van der Waals surface area (Å²) in [6.07, 6.45) is 0.965. The van der Waals surface area contributed by atoms with E-state index in [9.17, 15) is 4.79 Å². The zero-order valence-electron chi connectivity index (χ0n) is 15.4. The quantitative estimate of drug-likeness (QED) is 0.830. The van der Waals surface area contributed by atoms with Crippen molar-refractivity contribution in [2.75, 3.05) is 26.8 Å². The molecular formula is C21H26N2O3. The van der Waals surface area contributed by atoms with Gasteiger partial charge in [-0.3, -0.25) is 9.69 Å². The van der Waals surface area contributed by atoms with Crippen molar-refractivity contribution in [2.24, 2.45) is 0 Å². The molecule has 1 saturated heterocycles. The number of amides is 1. The van der Waals surface area contributed by atoms with E-state index in [1.807, 2.05) is 13.0 Å². The second-order valence-electron chi connectivity index (χ2n) is 6.48. The lowest BCUT2D eigenvalue weighted by molar-refractivity contribution is 0.0937. The molecule has 3 rings (SSSR count). The smallest absolute Gasteiger partial charge is 0.251 e. The lowest BCUT2D eigenvalue weighted by atomic mass is 10.1. The van der Waals surface area contributed by atoms with E-state index in [0.29, 0.717) is 23.7 Å². The summed E-state index contributed by atoms with van der Waals surface area (Å²) < 4.78 is 10.8. The van der Waals surface area contributed by atoms with Crippen LogP contribution >= 0.6 is 0 Å². The molecule has 1 heterocycles. The van der Waals surface area contributed by atoms with Crippen molar-refractivity contribution < 1.29 is 14.3 Å². The molecule has 0 saturated carbocycles. The summed E-state index contributed by atoms with van der Waals surface area (Å²) in [4.78, 5) is 15.0. The summed E-state index contributed by atoms with van der Waals surface area (Å²) in [5, 5.41) is 3.14. The van der Waals surface area contributed by atoms with Crippen LogP contribution in [0, 0.1) is 0 Å². The van der Waals surface area contributed by atoms with Gasteiger partial charge in [0.1, 0.15) is 0 Å². The lowest BCUT2D eigenvalue weighted by Crippen LogP contribution is -2.37. The van der Waals surface area contributed by atoms with Crippen molar-refractivity contribution >= 4 is 5.91 Å². The van der Waals surface area contributed by atoms with E-state index in [4.69, 9.17) is 9.47 Å². The molecule has 0 radical (unpaired) electrons. The molecule has 0 aliphatic carbocycles. The number of carbonyl (C=O) groups is 1. The standard InChI is InChI=1S/C21H26N2O3/c1-3-26-19-10-9-17(13-20(19)25-2)21(24)22-18-11-12-23(15-18)14-16-7-5-4-6-8-16/h4-10,13,18H,3,11-12,14-15H2,1-2H3,(H,22,24). The lowest BCUT2D eigenvalue weighted by Gasteiger charge is -2.17. The molecule has 1 amide bonds. The van der Waals surface area contributed by atoms with Gasteiger partial charge in [0.15, 0.2) is 11.5 Å². The number of carbonyl (C=O) groups excluding carboxylic acids is 1. The Bertz CT molecular complexity index is 733. The highest BCUT2D eigenvalue weighted by atomic mass is 16.5. The molecule has 1 unspecified atom stereocenters. The predicted octanol–water partition coefficient (Wildman–Crippen LogP) is 3.10. The van der Waals surface area contributed by atoms with E-state index >= 15 is 0 Å². The number of hydrogen-bond acceptors (Lipinski definition) is 4. The first-order valence-electron chi connectivity index (χ1n) is 9.07. The maximum Gasteiger partial charge on any atom is 0.251 e. The summed E-state index contributed by atoms with van der Waals surface area (Å²) in [5.74, 6) is 1.16. The van der Waals surface area contributed by atoms with E-state index < -0.39 is 0 Å². The van der Waals surface area contributed by atoms with Gasteiger partial charge in [0.2, 0.25) is 0 Å². The Morgan fingerprint density at radius 1 is 1.19 bits per heavy atom. The van der Waals surface area contributed by atoms with Crippen LogP contribution in [-0.2, 0) is 6.54 Å². The van der Waals surface area contributed by atoms with Gasteiger partial charge in [0.25, 0.3) is 5.91 Å². The fourth-order valence-electron chi connectivity index (χ4n) is 3.29. The van der Waals surface area contributed by atoms with Gasteiger partial charge in [0, 0.05) is 31.2 Å². The number of benzene rings is 2. The van der Waals surface area contributed by atoms with Crippen LogP contribution in [0.15, 0.2) is 48.5 Å². The normalized spacial score (nSPS) is 17.1. The highest BCUT2D eigenvalue weighted by Gasteiger charge is 2.24. The first kappa shape index (κ1) is 18.3. The third-order valence-corrected chi connectivity index (χ3v) is 4.58. The van der Waals surface area contributed by atoms with Crippen molar-refractivity contribution in [1.82, 2.24) is 10.2 Å². The van der Waals surface area contributed by atoms with Crippen molar-refractivity contribution in [3.05, 3.63) is 59.7 Å². The molecule has 0 bridgehead atoms. The first-order valence-corrected chi connectivity index (χ1v) is 9.07. The second-order valence-corrected chi connectivity index (χ2v) is 6.48. The molecule has 1 aliphatic heterocycles. The molecular weight excluding hydrogens is 328 g/mol. The number of ether oxygens (including phenoxy) is 2. The number of methoxy groups -OCH3 is 1. The van der Waals surface area contributed by atoms with Crippen LogP contribution in [0.4, 0.5) is 0 Å². The van der Waals surface area contributed by atoms with Crippen LogP contribution in [0.3, 0.4) is 0 Å². The van der Waals surface area contributed by atoms with Crippen LogP contribution in [0.25, 0.3) is 0 Å². The topological polar surface area (TPSA) is 50.8 Å². The minimum atomic E-state index is -0.0714. The van der Waals surface area contributed by atoms with Gasteiger partial charge in [0.05, 0.1) is 13.7 Å². The van der Waals surface area contributed by atoms with Gasteiger partial charge < -0.3 is 14.8 Å². The molecule has 26 heavy (non-hydrogen) atoms. The molecule has 1 aliphatic rings. The third kappa shape index (κ3) is 4.55. The Balaban J connectivity index is 1.57. The summed E-state index contributed by atoms with van der Waals surface area (Å²) in [5.41, 5.74) is 1.89. The number of nitrogens with zero attached hydrogens (tertiary/aromatic N) is 1. The summed E-state index contributed by atoms with van der Waals surface area (Å²) in [6, 6.07) is 15.9. The van der Waals surface area contributed by atoms with Gasteiger partial charge in [-0.25, -0.2) is 0 Å². The highest BCUT2D eigenvalue weighted by molar-refractivity contribution is 5.95. The molecule has 1 fully saturated rings. The van der Waals surface area contributed by atoms with E-state index in [1.54, 1.807) is 25.3 Å². The molecule has 1 N–H and O–H groups in total. The van der Waals surface area contributed by atoms with Crippen LogP contribution in [0.5, 0.6) is 11.5 Å². The van der Waals surface area contributed by atoms with E-state index in [1.165, 1.54) is 5.56 Å². The molecule has 5 heteroatoms. The zero-order valence-corrected chi connectivity index (χ0v) is 15.4. The maximum absolute atomic E-state index is 12.6. The Kier molecular flexibility index (Phi) is 6.12. The molecule has 1 atom stereocenters. The summed E-state index contributed by atoms with van der Waals surface area (Å²) in [7, 11) is 1.58. The number of nitrogens with one attached hydrogen (secondary N) is 1. The molecule has 138 valence electrons. The number of likely N-dealkylation sites (tertiary alicyclic amines) is 1. The maximum atomic E-state index is 12.6. The van der Waals surface area contributed by atoms with Crippen molar-refractivity contribution in [1.29, 1.82) is 0 Å². The SMILES string of the molecule is CCOc1ccc(C(=O)NC2CCN(Cc3ccccc3)C2)cc1OC. The Morgan fingerprint density at radius 2 is 2.00 bits per heavy atom. The Morgan fingerprint density at radius 3 is 2.73 bits per heavy atom. The number of rotatable bonds is 7. The van der Waals surface area contributed by atoms with Crippen molar-refractivity contribution in [3.63, 3.8) is 0 Å². The summed E-state index contributed by atoms with van der Waals surface area (Å²) in [6.45, 7) is 5.26. The van der Waals surface area contributed by atoms with Gasteiger partial charge in [-0.2, -0.15) is 0 Å². The molecule has 5 nitrogen and oxygen atoms in total. The second kappa shape index (κ2) is 8.72. The van der Waals surface area contributed by atoms with Gasteiger partial charge in [-0.05, 0) is 37.1 Å². The first-order chi connectivity index (χ1) is 12.7. The zero-order chi connectivity index (χ0) is 18.4. The molecule has 0 aromatic heterocycles. The van der Waals surface area contributed by atoms with Crippen molar-refractivity contribution in [2.45, 2.75) is 25.9 Å². The van der Waals surface area contributed by atoms with Crippen LogP contribution in [-0.4, -0.2) is 43.7 Å². The monoisotopic (exact) mass is 354 g/mol.